The Kier molecular flexibility index (Phi) is 6.95. The van der Waals surface area contributed by atoms with Crippen molar-refractivity contribution in [1.29, 1.82) is 0 Å². The summed E-state index contributed by atoms with van der Waals surface area (Å²) in [6.07, 6.45) is 2.07. The van der Waals surface area contributed by atoms with Crippen molar-refractivity contribution in [2.24, 2.45) is 0 Å². The predicted molar refractivity (Wildman–Crippen MR) is 127 cm³/mol. The molecule has 1 aliphatic rings. The van der Waals surface area contributed by atoms with Gasteiger partial charge in [-0.05, 0) is 30.2 Å². The first-order valence-electron chi connectivity index (χ1n) is 11.0. The Labute approximate surface area is 200 Å². The highest BCUT2D eigenvalue weighted by molar-refractivity contribution is 6.01. The number of fused-ring (bicyclic) bond motifs is 1. The van der Waals surface area contributed by atoms with Gasteiger partial charge in [-0.25, -0.2) is 9.78 Å². The maximum absolute atomic E-state index is 12.9. The molecule has 2 heterocycles. The summed E-state index contributed by atoms with van der Waals surface area (Å²) in [5.74, 6) is 0.416. The minimum atomic E-state index is -0.430. The van der Waals surface area contributed by atoms with Crippen molar-refractivity contribution in [3.05, 3.63) is 58.6 Å². The molecule has 1 aromatic heterocycles. The standard InChI is InChI=1S/C24H25N5O6/c1-34-19-10-17-18(11-20(19)35-2)26-14-28(23(17)32)8-4-7-21(30)27-16-6-3-5-15(9-16)13-29-22(31)12-25-24(29)33/h3,5-6,9-11,14H,4,7-8,12-13H2,1-2H3,(H,25,33)(H,27,30). The fraction of sp³-hybridized carbons (Fsp3) is 0.292. The van der Waals surface area contributed by atoms with Crippen molar-refractivity contribution < 1.29 is 23.9 Å². The second-order valence-electron chi connectivity index (χ2n) is 7.96. The summed E-state index contributed by atoms with van der Waals surface area (Å²) in [5, 5.41) is 5.69. The molecule has 11 nitrogen and oxygen atoms in total. The van der Waals surface area contributed by atoms with Crippen molar-refractivity contribution >= 4 is 34.4 Å². The van der Waals surface area contributed by atoms with Gasteiger partial charge >= 0.3 is 6.03 Å². The van der Waals surface area contributed by atoms with Gasteiger partial charge in [0.15, 0.2) is 11.5 Å². The lowest BCUT2D eigenvalue weighted by Gasteiger charge is -2.13. The Balaban J connectivity index is 1.35. The van der Waals surface area contributed by atoms with E-state index in [1.165, 1.54) is 25.1 Å². The molecule has 2 N–H and O–H groups in total. The fourth-order valence-corrected chi connectivity index (χ4v) is 3.82. The summed E-state index contributed by atoms with van der Waals surface area (Å²) < 4.78 is 12.0. The van der Waals surface area contributed by atoms with Gasteiger partial charge in [0.25, 0.3) is 5.56 Å². The first-order valence-corrected chi connectivity index (χ1v) is 11.0. The molecule has 0 atom stereocenters. The maximum atomic E-state index is 12.9. The van der Waals surface area contributed by atoms with Gasteiger partial charge in [-0.3, -0.25) is 23.9 Å². The van der Waals surface area contributed by atoms with Crippen molar-refractivity contribution in [3.63, 3.8) is 0 Å². The smallest absolute Gasteiger partial charge is 0.324 e. The Hall–Kier alpha value is -4.41. The summed E-state index contributed by atoms with van der Waals surface area (Å²) in [6, 6.07) is 9.78. The van der Waals surface area contributed by atoms with Gasteiger partial charge in [0.1, 0.15) is 0 Å². The summed E-state index contributed by atoms with van der Waals surface area (Å²) in [4.78, 5) is 54.3. The van der Waals surface area contributed by atoms with Gasteiger partial charge in [-0.15, -0.1) is 0 Å². The van der Waals surface area contributed by atoms with E-state index in [1.807, 2.05) is 0 Å². The van der Waals surface area contributed by atoms with Crippen molar-refractivity contribution in [1.82, 2.24) is 19.8 Å². The first-order chi connectivity index (χ1) is 16.9. The number of aromatic nitrogens is 2. The number of amides is 4. The predicted octanol–water partition coefficient (Wildman–Crippen LogP) is 1.88. The molecule has 0 bridgehead atoms. The monoisotopic (exact) mass is 479 g/mol. The Bertz CT molecular complexity index is 1340. The number of carbonyl (C=O) groups is 3. The highest BCUT2D eigenvalue weighted by Crippen LogP contribution is 2.29. The van der Waals surface area contributed by atoms with E-state index < -0.39 is 6.03 Å². The van der Waals surface area contributed by atoms with Gasteiger partial charge in [-0.2, -0.15) is 0 Å². The van der Waals surface area contributed by atoms with E-state index >= 15 is 0 Å². The molecule has 0 spiro atoms. The second-order valence-corrected chi connectivity index (χ2v) is 7.96. The number of rotatable bonds is 9. The third-order valence-corrected chi connectivity index (χ3v) is 5.62. The lowest BCUT2D eigenvalue weighted by atomic mass is 10.2. The van der Waals surface area contributed by atoms with Gasteiger partial charge < -0.3 is 20.1 Å². The Morgan fingerprint density at radius 3 is 2.60 bits per heavy atom. The number of nitrogens with zero attached hydrogens (tertiary/aromatic N) is 3. The van der Waals surface area contributed by atoms with Crippen LogP contribution in [0.25, 0.3) is 10.9 Å². The number of hydrogen-bond donors (Lipinski definition) is 2. The third kappa shape index (κ3) is 5.24. The Morgan fingerprint density at radius 1 is 1.11 bits per heavy atom. The van der Waals surface area contributed by atoms with E-state index in [0.29, 0.717) is 46.6 Å². The zero-order valence-electron chi connectivity index (χ0n) is 19.4. The van der Waals surface area contributed by atoms with Crippen LogP contribution >= 0.6 is 0 Å². The lowest BCUT2D eigenvalue weighted by molar-refractivity contribution is -0.125. The SMILES string of the molecule is COc1cc2ncn(CCCC(=O)Nc3cccc(CN4C(=O)CNC4=O)c3)c(=O)c2cc1OC. The number of ether oxygens (including phenoxy) is 2. The minimum absolute atomic E-state index is 0.00713. The highest BCUT2D eigenvalue weighted by Gasteiger charge is 2.28. The van der Waals surface area contributed by atoms with E-state index in [2.05, 4.69) is 15.6 Å². The topological polar surface area (TPSA) is 132 Å². The van der Waals surface area contributed by atoms with E-state index in [0.717, 1.165) is 4.90 Å². The number of benzene rings is 2. The average molecular weight is 479 g/mol. The summed E-state index contributed by atoms with van der Waals surface area (Å²) >= 11 is 0. The highest BCUT2D eigenvalue weighted by atomic mass is 16.5. The number of imide groups is 1. The molecule has 3 aromatic rings. The molecule has 11 heteroatoms. The van der Waals surface area contributed by atoms with Crippen LogP contribution in [0.2, 0.25) is 0 Å². The number of methoxy groups -OCH3 is 2. The molecule has 1 aliphatic heterocycles. The van der Waals surface area contributed by atoms with Crippen molar-refractivity contribution in [2.45, 2.75) is 25.9 Å². The zero-order valence-corrected chi connectivity index (χ0v) is 19.4. The zero-order chi connectivity index (χ0) is 24.9. The van der Waals surface area contributed by atoms with E-state index in [4.69, 9.17) is 9.47 Å². The van der Waals surface area contributed by atoms with Crippen LogP contribution < -0.4 is 25.7 Å². The summed E-state index contributed by atoms with van der Waals surface area (Å²) in [7, 11) is 3.01. The van der Waals surface area contributed by atoms with Crippen LogP contribution in [0.15, 0.2) is 47.5 Å². The molecular formula is C24H25N5O6. The molecule has 0 saturated carbocycles. The third-order valence-electron chi connectivity index (χ3n) is 5.62. The number of nitrogens with one attached hydrogen (secondary N) is 2. The van der Waals surface area contributed by atoms with Crippen LogP contribution in [0.4, 0.5) is 10.5 Å². The molecule has 4 rings (SSSR count). The molecular weight excluding hydrogens is 454 g/mol. The van der Waals surface area contributed by atoms with Crippen LogP contribution in [0.5, 0.6) is 11.5 Å². The number of carbonyl (C=O) groups excluding carboxylic acids is 3. The number of urea groups is 1. The van der Waals surface area contributed by atoms with Gasteiger partial charge in [0, 0.05) is 24.7 Å². The summed E-state index contributed by atoms with van der Waals surface area (Å²) in [5.41, 5.74) is 1.54. The van der Waals surface area contributed by atoms with Crippen LogP contribution in [0.3, 0.4) is 0 Å². The molecule has 0 unspecified atom stereocenters. The Morgan fingerprint density at radius 2 is 1.89 bits per heavy atom. The maximum Gasteiger partial charge on any atom is 0.324 e. The summed E-state index contributed by atoms with van der Waals surface area (Å²) in [6.45, 7) is 0.436. The molecule has 1 fully saturated rings. The normalized spacial score (nSPS) is 13.1. The van der Waals surface area contributed by atoms with Crippen LogP contribution in [-0.4, -0.2) is 53.1 Å². The van der Waals surface area contributed by atoms with Crippen LogP contribution in [0, 0.1) is 0 Å². The van der Waals surface area contributed by atoms with Gasteiger partial charge in [0.05, 0.1) is 44.5 Å². The minimum Gasteiger partial charge on any atom is -0.493 e. The van der Waals surface area contributed by atoms with Crippen molar-refractivity contribution in [2.75, 3.05) is 26.1 Å². The van der Waals surface area contributed by atoms with E-state index in [9.17, 15) is 19.2 Å². The number of anilines is 1. The van der Waals surface area contributed by atoms with Crippen LogP contribution in [0.1, 0.15) is 18.4 Å². The van der Waals surface area contributed by atoms with E-state index in [-0.39, 0.29) is 36.9 Å². The van der Waals surface area contributed by atoms with Crippen LogP contribution in [-0.2, 0) is 22.7 Å². The molecule has 0 radical (unpaired) electrons. The lowest BCUT2D eigenvalue weighted by Crippen LogP contribution is -2.30. The van der Waals surface area contributed by atoms with E-state index in [1.54, 1.807) is 36.4 Å². The molecule has 35 heavy (non-hydrogen) atoms. The second kappa shape index (κ2) is 10.2. The molecule has 4 amide bonds. The van der Waals surface area contributed by atoms with Crippen molar-refractivity contribution in [3.8, 4) is 11.5 Å². The molecule has 0 aliphatic carbocycles. The van der Waals surface area contributed by atoms with Gasteiger partial charge in [0.2, 0.25) is 11.8 Å². The largest absolute Gasteiger partial charge is 0.493 e. The number of hydrogen-bond acceptors (Lipinski definition) is 7. The molecule has 2 aromatic carbocycles. The van der Waals surface area contributed by atoms with Gasteiger partial charge in [-0.1, -0.05) is 12.1 Å². The molecule has 182 valence electrons. The fourth-order valence-electron chi connectivity index (χ4n) is 3.82. The first kappa shape index (κ1) is 23.7. The quantitative estimate of drug-likeness (QED) is 0.448. The number of aryl methyl sites for hydroxylation is 1. The average Bonchev–Trinajstić information content (AvgIpc) is 3.17. The molecule has 1 saturated heterocycles.